The molecule has 1 amide bonds. The lowest BCUT2D eigenvalue weighted by molar-refractivity contribution is -0.386. The molecule has 0 saturated carbocycles. The third-order valence-corrected chi connectivity index (χ3v) is 4.94. The van der Waals surface area contributed by atoms with E-state index in [0.717, 1.165) is 9.86 Å². The number of nitro groups is 1. The molecule has 0 aliphatic heterocycles. The number of hydrogen-bond acceptors (Lipinski definition) is 6. The van der Waals surface area contributed by atoms with Gasteiger partial charge >= 0.3 is 5.69 Å². The Morgan fingerprint density at radius 2 is 2.00 bits per heavy atom. The highest BCUT2D eigenvalue weighted by atomic mass is 79.9. The van der Waals surface area contributed by atoms with E-state index in [9.17, 15) is 14.9 Å². The van der Waals surface area contributed by atoms with Crippen LogP contribution in [0.2, 0.25) is 0 Å². The van der Waals surface area contributed by atoms with Gasteiger partial charge in [0.25, 0.3) is 5.91 Å². The average Bonchev–Trinajstić information content (AvgIpc) is 3.24. The van der Waals surface area contributed by atoms with E-state index in [1.54, 1.807) is 30.6 Å². The van der Waals surface area contributed by atoms with Gasteiger partial charge in [-0.05, 0) is 30.3 Å². The van der Waals surface area contributed by atoms with Crippen LogP contribution in [0.3, 0.4) is 0 Å². The number of carbonyl (C=O) groups excluding carboxylic acids is 1. The number of nitro benzene ring substituents is 1. The number of para-hydroxylation sites is 2. The largest absolute Gasteiger partial charge is 0.464 e. The number of hydrogen-bond donors (Lipinski definition) is 1. The number of carbonyl (C=O) groups is 1. The summed E-state index contributed by atoms with van der Waals surface area (Å²) in [4.78, 5) is 27.5. The van der Waals surface area contributed by atoms with E-state index in [1.807, 2.05) is 18.2 Å². The van der Waals surface area contributed by atoms with Crippen LogP contribution in [0.1, 0.15) is 10.5 Å². The zero-order chi connectivity index (χ0) is 21.1. The van der Waals surface area contributed by atoms with Crippen molar-refractivity contribution in [2.24, 2.45) is 0 Å². The number of amides is 1. The number of benzene rings is 2. The van der Waals surface area contributed by atoms with Crippen molar-refractivity contribution in [3.05, 3.63) is 87.3 Å². The van der Waals surface area contributed by atoms with Crippen molar-refractivity contribution in [2.75, 3.05) is 5.32 Å². The number of aromatic nitrogens is 3. The van der Waals surface area contributed by atoms with Crippen LogP contribution in [0.4, 0.5) is 11.4 Å². The predicted molar refractivity (Wildman–Crippen MR) is 113 cm³/mol. The monoisotopic (exact) mass is 467 g/mol. The first kappa shape index (κ1) is 19.5. The smallest absolute Gasteiger partial charge is 0.311 e. The highest BCUT2D eigenvalue weighted by Gasteiger charge is 2.15. The zero-order valence-corrected chi connectivity index (χ0v) is 16.9. The molecule has 0 radical (unpaired) electrons. The summed E-state index contributed by atoms with van der Waals surface area (Å²) in [6, 6.07) is 14.9. The fraction of sp³-hybridized carbons (Fsp3) is 0.0500. The van der Waals surface area contributed by atoms with Gasteiger partial charge in [-0.15, -0.1) is 0 Å². The van der Waals surface area contributed by atoms with E-state index in [0.29, 0.717) is 11.2 Å². The summed E-state index contributed by atoms with van der Waals surface area (Å²) in [6.07, 6.45) is 3.21. The summed E-state index contributed by atoms with van der Waals surface area (Å²) in [5.41, 5.74) is 1.24. The Kier molecular flexibility index (Phi) is 5.40. The normalized spacial score (nSPS) is 10.7. The molecule has 0 bridgehead atoms. The van der Waals surface area contributed by atoms with Crippen molar-refractivity contribution < 1.29 is 14.5 Å². The third kappa shape index (κ3) is 3.98. The Labute approximate surface area is 178 Å². The zero-order valence-electron chi connectivity index (χ0n) is 15.4. The van der Waals surface area contributed by atoms with Crippen molar-refractivity contribution in [2.45, 2.75) is 6.73 Å². The maximum absolute atomic E-state index is 12.6. The summed E-state index contributed by atoms with van der Waals surface area (Å²) >= 11 is 3.47. The highest BCUT2D eigenvalue weighted by Crippen LogP contribution is 2.29. The van der Waals surface area contributed by atoms with Crippen LogP contribution < -0.4 is 10.1 Å². The molecule has 2 aromatic heterocycles. The number of fused-ring (bicyclic) bond motifs is 1. The van der Waals surface area contributed by atoms with Gasteiger partial charge in [-0.3, -0.25) is 19.9 Å². The van der Waals surface area contributed by atoms with Crippen LogP contribution in [0, 0.1) is 10.1 Å². The van der Waals surface area contributed by atoms with Crippen molar-refractivity contribution in [1.82, 2.24) is 14.8 Å². The average molecular weight is 468 g/mol. The van der Waals surface area contributed by atoms with E-state index in [-0.39, 0.29) is 23.9 Å². The van der Waals surface area contributed by atoms with Gasteiger partial charge in [-0.1, -0.05) is 34.1 Å². The molecular weight excluding hydrogens is 454 g/mol. The molecule has 4 rings (SSSR count). The van der Waals surface area contributed by atoms with Crippen molar-refractivity contribution in [1.29, 1.82) is 0 Å². The molecule has 0 saturated heterocycles. The number of ether oxygens (including phenoxy) is 1. The Hall–Kier alpha value is -3.79. The summed E-state index contributed by atoms with van der Waals surface area (Å²) in [6.45, 7) is -0.0824. The van der Waals surface area contributed by atoms with Gasteiger partial charge < -0.3 is 10.1 Å². The number of nitrogens with one attached hydrogen (secondary N) is 1. The van der Waals surface area contributed by atoms with Gasteiger partial charge in [0.1, 0.15) is 0 Å². The molecule has 10 heteroatoms. The second-order valence-corrected chi connectivity index (χ2v) is 7.04. The molecule has 0 spiro atoms. The van der Waals surface area contributed by atoms with Crippen LogP contribution in [-0.4, -0.2) is 25.6 Å². The fourth-order valence-electron chi connectivity index (χ4n) is 2.85. The van der Waals surface area contributed by atoms with Gasteiger partial charge in [-0.25, -0.2) is 4.68 Å². The number of pyridine rings is 1. The SMILES string of the molecule is O=C(Nc1ccc(Br)c2cccnc12)c1ccn(COc2ccccc2[N+](=O)[O-])n1. The molecule has 4 aromatic rings. The molecular formula is C20H14BrN5O4. The molecule has 0 unspecified atom stereocenters. The minimum absolute atomic E-state index is 0.0824. The number of anilines is 1. The van der Waals surface area contributed by atoms with E-state index >= 15 is 0 Å². The summed E-state index contributed by atoms with van der Waals surface area (Å²) in [5, 5.41) is 18.9. The minimum Gasteiger partial charge on any atom is -0.464 e. The quantitative estimate of drug-likeness (QED) is 0.332. The van der Waals surface area contributed by atoms with E-state index < -0.39 is 10.8 Å². The lowest BCUT2D eigenvalue weighted by Crippen LogP contribution is -2.14. The first-order valence-electron chi connectivity index (χ1n) is 8.77. The second-order valence-electron chi connectivity index (χ2n) is 6.19. The number of rotatable bonds is 6. The first-order chi connectivity index (χ1) is 14.5. The van der Waals surface area contributed by atoms with Crippen LogP contribution in [0.5, 0.6) is 5.75 Å². The number of nitrogens with zero attached hydrogens (tertiary/aromatic N) is 4. The van der Waals surface area contributed by atoms with E-state index in [1.165, 1.54) is 22.9 Å². The van der Waals surface area contributed by atoms with Crippen molar-refractivity contribution in [3.63, 3.8) is 0 Å². The first-order valence-corrected chi connectivity index (χ1v) is 9.56. The standard InChI is InChI=1S/C20H14BrN5O4/c21-14-7-8-15(19-13(14)4-3-10-22-19)23-20(27)16-9-11-25(24-16)12-30-18-6-2-1-5-17(18)26(28)29/h1-11H,12H2,(H,23,27). The van der Waals surface area contributed by atoms with Crippen LogP contribution in [0.25, 0.3) is 10.9 Å². The van der Waals surface area contributed by atoms with Crippen LogP contribution in [0.15, 0.2) is 71.5 Å². The lowest BCUT2D eigenvalue weighted by atomic mass is 10.2. The maximum Gasteiger partial charge on any atom is 0.311 e. The molecule has 0 fully saturated rings. The lowest BCUT2D eigenvalue weighted by Gasteiger charge is -2.08. The molecule has 0 atom stereocenters. The van der Waals surface area contributed by atoms with Crippen molar-refractivity contribution >= 4 is 44.1 Å². The Morgan fingerprint density at radius 1 is 1.17 bits per heavy atom. The van der Waals surface area contributed by atoms with E-state index in [2.05, 4.69) is 31.3 Å². The highest BCUT2D eigenvalue weighted by molar-refractivity contribution is 9.10. The molecule has 0 aliphatic carbocycles. The molecule has 9 nitrogen and oxygen atoms in total. The summed E-state index contributed by atoms with van der Waals surface area (Å²) < 4.78 is 7.73. The molecule has 30 heavy (non-hydrogen) atoms. The molecule has 0 aliphatic rings. The Bertz CT molecular complexity index is 1260. The van der Waals surface area contributed by atoms with E-state index in [4.69, 9.17) is 4.74 Å². The van der Waals surface area contributed by atoms with Gasteiger partial charge in [0.2, 0.25) is 0 Å². The van der Waals surface area contributed by atoms with Gasteiger partial charge in [0.15, 0.2) is 18.2 Å². The van der Waals surface area contributed by atoms with Crippen LogP contribution in [-0.2, 0) is 6.73 Å². The molecule has 1 N–H and O–H groups in total. The minimum atomic E-state index is -0.520. The summed E-state index contributed by atoms with van der Waals surface area (Å²) in [5.74, 6) is -0.287. The Balaban J connectivity index is 1.48. The molecule has 150 valence electrons. The third-order valence-electron chi connectivity index (χ3n) is 4.25. The van der Waals surface area contributed by atoms with Gasteiger partial charge in [-0.2, -0.15) is 5.10 Å². The topological polar surface area (TPSA) is 112 Å². The van der Waals surface area contributed by atoms with Crippen molar-refractivity contribution in [3.8, 4) is 5.75 Å². The number of halogens is 1. The maximum atomic E-state index is 12.6. The molecule has 2 heterocycles. The second kappa shape index (κ2) is 8.29. The van der Waals surface area contributed by atoms with Gasteiger partial charge in [0.05, 0.1) is 16.1 Å². The predicted octanol–water partition coefficient (Wildman–Crippen LogP) is 4.39. The Morgan fingerprint density at radius 3 is 2.83 bits per heavy atom. The van der Waals surface area contributed by atoms with Gasteiger partial charge in [0, 0.05) is 28.3 Å². The molecule has 2 aromatic carbocycles. The fourth-order valence-corrected chi connectivity index (χ4v) is 3.30. The van der Waals surface area contributed by atoms with Crippen LogP contribution >= 0.6 is 15.9 Å². The summed E-state index contributed by atoms with van der Waals surface area (Å²) in [7, 11) is 0.